The molecule has 6 N–H and O–H groups in total. The van der Waals surface area contributed by atoms with Gasteiger partial charge in [-0.2, -0.15) is 4.98 Å². The fourth-order valence-corrected chi connectivity index (χ4v) is 2.75. The number of rotatable bonds is 8. The van der Waals surface area contributed by atoms with Crippen LogP contribution in [0.25, 0.3) is 0 Å². The number of primary amides is 1. The Balaban J connectivity index is 1.77. The first-order chi connectivity index (χ1) is 14.4. The van der Waals surface area contributed by atoms with E-state index in [0.29, 0.717) is 11.4 Å². The number of amides is 2. The second-order valence-corrected chi connectivity index (χ2v) is 6.51. The van der Waals surface area contributed by atoms with Crippen LogP contribution in [0.5, 0.6) is 0 Å². The molecular weight excluding hydrogens is 384 g/mol. The molecule has 2 amide bonds. The van der Waals surface area contributed by atoms with E-state index in [2.05, 4.69) is 25.9 Å². The van der Waals surface area contributed by atoms with Crippen LogP contribution < -0.4 is 21.7 Å². The molecular formula is C21H22N6O3. The number of nitrogens with one attached hydrogen (secondary N) is 3. The summed E-state index contributed by atoms with van der Waals surface area (Å²) in [5.41, 5.74) is 7.51. The van der Waals surface area contributed by atoms with Crippen LogP contribution in [-0.2, 0) is 4.79 Å². The van der Waals surface area contributed by atoms with Crippen LogP contribution in [0.1, 0.15) is 28.9 Å². The maximum absolute atomic E-state index is 11.7. The third kappa shape index (κ3) is 5.52. The molecule has 0 fully saturated rings. The zero-order valence-corrected chi connectivity index (χ0v) is 16.3. The number of benzene rings is 2. The summed E-state index contributed by atoms with van der Waals surface area (Å²) in [5, 5.41) is 19.0. The van der Waals surface area contributed by atoms with Crippen LogP contribution in [0.4, 0.5) is 23.1 Å². The Kier molecular flexibility index (Phi) is 6.56. The minimum Gasteiger partial charge on any atom is -0.387 e. The molecule has 0 aliphatic heterocycles. The lowest BCUT2D eigenvalue weighted by Crippen LogP contribution is -2.19. The molecule has 9 nitrogen and oxygen atoms in total. The monoisotopic (exact) mass is 406 g/mol. The molecule has 154 valence electrons. The van der Waals surface area contributed by atoms with Gasteiger partial charge in [-0.25, -0.2) is 4.98 Å². The van der Waals surface area contributed by atoms with Gasteiger partial charge in [-0.3, -0.25) is 9.59 Å². The van der Waals surface area contributed by atoms with Gasteiger partial charge in [0.05, 0.1) is 11.7 Å². The maximum Gasteiger partial charge on any atom is 0.254 e. The van der Waals surface area contributed by atoms with E-state index in [0.717, 1.165) is 5.56 Å². The Bertz CT molecular complexity index is 1040. The minimum atomic E-state index is -0.798. The molecule has 1 unspecified atom stereocenters. The lowest BCUT2D eigenvalue weighted by atomic mass is 10.1. The van der Waals surface area contributed by atoms with E-state index >= 15 is 0 Å². The van der Waals surface area contributed by atoms with Crippen LogP contribution in [0.3, 0.4) is 0 Å². The van der Waals surface area contributed by atoms with Crippen molar-refractivity contribution < 1.29 is 14.7 Å². The van der Waals surface area contributed by atoms with Crippen LogP contribution in [0.15, 0.2) is 60.8 Å². The molecule has 0 bridgehead atoms. The van der Waals surface area contributed by atoms with Gasteiger partial charge in [0.2, 0.25) is 11.9 Å². The molecule has 0 radical (unpaired) electrons. The lowest BCUT2D eigenvalue weighted by Gasteiger charge is -2.15. The summed E-state index contributed by atoms with van der Waals surface area (Å²) < 4.78 is 0. The third-order valence-electron chi connectivity index (χ3n) is 4.14. The summed E-state index contributed by atoms with van der Waals surface area (Å²) in [6.07, 6.45) is 0.514. The van der Waals surface area contributed by atoms with Gasteiger partial charge in [0.15, 0.2) is 0 Å². The van der Waals surface area contributed by atoms with Gasteiger partial charge in [0.25, 0.3) is 5.91 Å². The van der Waals surface area contributed by atoms with Crippen LogP contribution >= 0.6 is 0 Å². The quantitative estimate of drug-likeness (QED) is 0.387. The summed E-state index contributed by atoms with van der Waals surface area (Å²) in [5.74, 6) is -0.451. The average molecular weight is 406 g/mol. The predicted octanol–water partition coefficient (Wildman–Crippen LogP) is 2.42. The highest BCUT2D eigenvalue weighted by molar-refractivity contribution is 5.97. The van der Waals surface area contributed by atoms with E-state index in [1.807, 2.05) is 18.2 Å². The van der Waals surface area contributed by atoms with Gasteiger partial charge in [0.1, 0.15) is 5.82 Å². The van der Waals surface area contributed by atoms with E-state index in [4.69, 9.17) is 5.73 Å². The number of nitrogens with two attached hydrogens (primary N) is 1. The molecule has 0 saturated heterocycles. The summed E-state index contributed by atoms with van der Waals surface area (Å²) in [7, 11) is 0. The number of hydrogen-bond acceptors (Lipinski definition) is 7. The summed E-state index contributed by atoms with van der Waals surface area (Å²) >= 11 is 0. The third-order valence-corrected chi connectivity index (χ3v) is 4.14. The zero-order chi connectivity index (χ0) is 21.5. The number of anilines is 4. The summed E-state index contributed by atoms with van der Waals surface area (Å²) in [6.45, 7) is 1.55. The number of nitrogens with zero attached hydrogens (tertiary/aromatic N) is 2. The van der Waals surface area contributed by atoms with E-state index in [-0.39, 0.29) is 29.8 Å². The predicted molar refractivity (Wildman–Crippen MR) is 114 cm³/mol. The first-order valence-electron chi connectivity index (χ1n) is 9.21. The summed E-state index contributed by atoms with van der Waals surface area (Å²) in [4.78, 5) is 31.4. The van der Waals surface area contributed by atoms with Crippen molar-refractivity contribution >= 4 is 35.0 Å². The Labute approximate surface area is 173 Å². The van der Waals surface area contributed by atoms with Gasteiger partial charge < -0.3 is 26.8 Å². The molecule has 1 atom stereocenters. The van der Waals surface area contributed by atoms with Crippen molar-refractivity contribution in [1.29, 1.82) is 0 Å². The van der Waals surface area contributed by atoms with Gasteiger partial charge in [0, 0.05) is 31.0 Å². The molecule has 3 rings (SSSR count). The molecule has 9 heteroatoms. The number of aliphatic hydroxyl groups excluding tert-OH is 1. The van der Waals surface area contributed by atoms with Gasteiger partial charge >= 0.3 is 0 Å². The van der Waals surface area contributed by atoms with Crippen molar-refractivity contribution in [2.24, 2.45) is 5.73 Å². The average Bonchev–Trinajstić information content (AvgIpc) is 2.72. The number of carbonyl (C=O) groups excluding carboxylic acids is 2. The molecule has 0 spiro atoms. The van der Waals surface area contributed by atoms with Gasteiger partial charge in [-0.1, -0.05) is 36.4 Å². The summed E-state index contributed by atoms with van der Waals surface area (Å²) in [6, 6.07) is 16.1. The SMILES string of the molecule is CC(=O)Nc1cccc(Nc2ncc(C(N)=O)c(NCC(O)c3ccccc3)n2)c1. The first kappa shape index (κ1) is 20.7. The van der Waals surface area contributed by atoms with E-state index in [1.54, 1.807) is 36.4 Å². The fourth-order valence-electron chi connectivity index (χ4n) is 2.75. The zero-order valence-electron chi connectivity index (χ0n) is 16.3. The number of aromatic nitrogens is 2. The van der Waals surface area contributed by atoms with Crippen molar-refractivity contribution in [2.75, 3.05) is 22.5 Å². The molecule has 1 heterocycles. The van der Waals surface area contributed by atoms with E-state index < -0.39 is 12.0 Å². The first-order valence-corrected chi connectivity index (χ1v) is 9.21. The Morgan fingerprint density at radius 2 is 1.83 bits per heavy atom. The Hall–Kier alpha value is -3.98. The molecule has 0 aliphatic carbocycles. The van der Waals surface area contributed by atoms with E-state index in [1.165, 1.54) is 13.1 Å². The molecule has 2 aromatic carbocycles. The second kappa shape index (κ2) is 9.48. The van der Waals surface area contributed by atoms with E-state index in [9.17, 15) is 14.7 Å². The topological polar surface area (TPSA) is 142 Å². The molecule has 1 aromatic heterocycles. The highest BCUT2D eigenvalue weighted by atomic mass is 16.3. The minimum absolute atomic E-state index is 0.104. The van der Waals surface area contributed by atoms with Gasteiger partial charge in [-0.05, 0) is 23.8 Å². The number of hydrogen-bond donors (Lipinski definition) is 5. The molecule has 3 aromatic rings. The lowest BCUT2D eigenvalue weighted by molar-refractivity contribution is -0.114. The smallest absolute Gasteiger partial charge is 0.254 e. The second-order valence-electron chi connectivity index (χ2n) is 6.51. The van der Waals surface area contributed by atoms with Crippen LogP contribution in [-0.4, -0.2) is 33.4 Å². The van der Waals surface area contributed by atoms with Crippen molar-refractivity contribution in [1.82, 2.24) is 9.97 Å². The highest BCUT2D eigenvalue weighted by Gasteiger charge is 2.14. The van der Waals surface area contributed by atoms with Crippen LogP contribution in [0, 0.1) is 0 Å². The largest absolute Gasteiger partial charge is 0.387 e. The van der Waals surface area contributed by atoms with Crippen molar-refractivity contribution in [3.05, 3.63) is 71.9 Å². The Morgan fingerprint density at radius 3 is 2.53 bits per heavy atom. The molecule has 30 heavy (non-hydrogen) atoms. The van der Waals surface area contributed by atoms with Crippen LogP contribution in [0.2, 0.25) is 0 Å². The van der Waals surface area contributed by atoms with Crippen molar-refractivity contribution in [3.63, 3.8) is 0 Å². The number of carbonyl (C=O) groups is 2. The molecule has 0 aliphatic rings. The normalized spacial score (nSPS) is 11.4. The van der Waals surface area contributed by atoms with Crippen molar-refractivity contribution in [3.8, 4) is 0 Å². The highest BCUT2D eigenvalue weighted by Crippen LogP contribution is 2.21. The number of aliphatic hydroxyl groups is 1. The fraction of sp³-hybridized carbons (Fsp3) is 0.143. The molecule has 0 saturated carbocycles. The Morgan fingerprint density at radius 1 is 1.10 bits per heavy atom. The van der Waals surface area contributed by atoms with Gasteiger partial charge in [-0.15, -0.1) is 0 Å². The van der Waals surface area contributed by atoms with Crippen molar-refractivity contribution in [2.45, 2.75) is 13.0 Å². The maximum atomic E-state index is 11.7. The standard InChI is InChI=1S/C21H22N6O3/c1-13(28)25-15-8-5-9-16(10-15)26-21-24-11-17(19(22)30)20(27-21)23-12-18(29)14-6-3-2-4-7-14/h2-11,18,29H,12H2,1H3,(H2,22,30)(H,25,28)(H2,23,24,26,27).